The molecule has 0 saturated heterocycles. The molecule has 7 heteroatoms. The standard InChI is InChI=1S/C20H16Br2N2O3/c1-3-7-27-19-11-17(22)13(9-18(19)26-2)8-14(12-23)20(25)24-16-6-4-5-15(21)10-16/h3-6,8-11H,1,7H2,2H3,(H,24,25)/b14-8-. The van der Waals surface area contributed by atoms with Crippen LogP contribution in [0.1, 0.15) is 5.56 Å². The Bertz CT molecular complexity index is 933. The molecule has 0 radical (unpaired) electrons. The average molecular weight is 492 g/mol. The number of hydrogen-bond donors (Lipinski definition) is 1. The molecule has 1 N–H and O–H groups in total. The molecule has 0 atom stereocenters. The van der Waals surface area contributed by atoms with Gasteiger partial charge in [-0.2, -0.15) is 5.26 Å². The second-order valence-electron chi connectivity index (χ2n) is 5.26. The van der Waals surface area contributed by atoms with Gasteiger partial charge in [-0.25, -0.2) is 0 Å². The van der Waals surface area contributed by atoms with Crippen molar-refractivity contribution < 1.29 is 14.3 Å². The van der Waals surface area contributed by atoms with E-state index in [-0.39, 0.29) is 5.57 Å². The van der Waals surface area contributed by atoms with Crippen molar-refractivity contribution >= 4 is 49.5 Å². The molecule has 0 saturated carbocycles. The number of hydrogen-bond acceptors (Lipinski definition) is 4. The van der Waals surface area contributed by atoms with Crippen molar-refractivity contribution in [3.05, 3.63) is 69.1 Å². The van der Waals surface area contributed by atoms with E-state index in [9.17, 15) is 10.1 Å². The van der Waals surface area contributed by atoms with E-state index in [0.29, 0.717) is 33.8 Å². The van der Waals surface area contributed by atoms with Gasteiger partial charge in [0.05, 0.1) is 7.11 Å². The second-order valence-corrected chi connectivity index (χ2v) is 7.03. The Kier molecular flexibility index (Phi) is 7.65. The predicted molar refractivity (Wildman–Crippen MR) is 113 cm³/mol. The molecule has 2 aromatic rings. The molecule has 0 heterocycles. The van der Waals surface area contributed by atoms with Crippen molar-refractivity contribution in [3.8, 4) is 17.6 Å². The first-order valence-electron chi connectivity index (χ1n) is 7.78. The summed E-state index contributed by atoms with van der Waals surface area (Å²) in [6.45, 7) is 3.94. The normalized spacial score (nSPS) is 10.7. The van der Waals surface area contributed by atoms with Gasteiger partial charge in [0.2, 0.25) is 0 Å². The molecule has 0 spiro atoms. The summed E-state index contributed by atoms with van der Waals surface area (Å²) in [4.78, 5) is 12.4. The molecule has 1 amide bonds. The van der Waals surface area contributed by atoms with Gasteiger partial charge in [-0.05, 0) is 42.0 Å². The summed E-state index contributed by atoms with van der Waals surface area (Å²) in [5.74, 6) is 0.503. The Balaban J connectivity index is 2.32. The highest BCUT2D eigenvalue weighted by molar-refractivity contribution is 9.10. The molecular formula is C20H16Br2N2O3. The SMILES string of the molecule is C=CCOc1cc(Br)c(/C=C(/C#N)C(=O)Nc2cccc(Br)c2)cc1OC. The first-order chi connectivity index (χ1) is 13.0. The Labute approximate surface area is 174 Å². The van der Waals surface area contributed by atoms with Crippen molar-refractivity contribution in [2.75, 3.05) is 19.0 Å². The number of methoxy groups -OCH3 is 1. The fourth-order valence-corrected chi connectivity index (χ4v) is 2.99. The monoisotopic (exact) mass is 490 g/mol. The summed E-state index contributed by atoms with van der Waals surface area (Å²) in [7, 11) is 1.52. The molecule has 2 aromatic carbocycles. The van der Waals surface area contributed by atoms with Gasteiger partial charge in [0.25, 0.3) is 5.91 Å². The number of carbonyl (C=O) groups is 1. The lowest BCUT2D eigenvalue weighted by molar-refractivity contribution is -0.112. The highest BCUT2D eigenvalue weighted by Crippen LogP contribution is 2.34. The van der Waals surface area contributed by atoms with E-state index in [1.807, 2.05) is 12.1 Å². The maximum atomic E-state index is 12.4. The van der Waals surface area contributed by atoms with Crippen LogP contribution in [0.2, 0.25) is 0 Å². The van der Waals surface area contributed by atoms with Gasteiger partial charge in [-0.3, -0.25) is 4.79 Å². The Morgan fingerprint density at radius 3 is 2.70 bits per heavy atom. The van der Waals surface area contributed by atoms with E-state index in [4.69, 9.17) is 9.47 Å². The molecule has 0 aliphatic heterocycles. The number of rotatable bonds is 7. The van der Waals surface area contributed by atoms with Crippen LogP contribution in [0, 0.1) is 11.3 Å². The molecule has 5 nitrogen and oxygen atoms in total. The van der Waals surface area contributed by atoms with Crippen LogP contribution in [-0.2, 0) is 4.79 Å². The number of carbonyl (C=O) groups excluding carboxylic acids is 1. The van der Waals surface area contributed by atoms with Gasteiger partial charge in [0, 0.05) is 14.6 Å². The van der Waals surface area contributed by atoms with E-state index < -0.39 is 5.91 Å². The lowest BCUT2D eigenvalue weighted by Gasteiger charge is -2.12. The molecule has 0 aliphatic rings. The summed E-state index contributed by atoms with van der Waals surface area (Å²) < 4.78 is 12.3. The van der Waals surface area contributed by atoms with Gasteiger partial charge in [0.1, 0.15) is 18.2 Å². The molecule has 2 rings (SSSR count). The third kappa shape index (κ3) is 5.71. The third-order valence-corrected chi connectivity index (χ3v) is 4.57. The van der Waals surface area contributed by atoms with Crippen molar-refractivity contribution in [2.45, 2.75) is 0 Å². The molecule has 0 unspecified atom stereocenters. The Morgan fingerprint density at radius 2 is 2.07 bits per heavy atom. The molecule has 27 heavy (non-hydrogen) atoms. The summed E-state index contributed by atoms with van der Waals surface area (Å²) in [6, 6.07) is 12.5. The number of nitrogens with zero attached hydrogens (tertiary/aromatic N) is 1. The highest BCUT2D eigenvalue weighted by Gasteiger charge is 2.14. The minimum absolute atomic E-state index is 0.0440. The Morgan fingerprint density at radius 1 is 1.30 bits per heavy atom. The van der Waals surface area contributed by atoms with Crippen molar-refractivity contribution in [2.24, 2.45) is 0 Å². The lowest BCUT2D eigenvalue weighted by atomic mass is 10.1. The quantitative estimate of drug-likeness (QED) is 0.322. The van der Waals surface area contributed by atoms with Crippen LogP contribution < -0.4 is 14.8 Å². The number of amides is 1. The van der Waals surface area contributed by atoms with E-state index >= 15 is 0 Å². The largest absolute Gasteiger partial charge is 0.493 e. The number of benzene rings is 2. The number of ether oxygens (including phenoxy) is 2. The minimum Gasteiger partial charge on any atom is -0.493 e. The molecule has 0 aromatic heterocycles. The molecule has 0 aliphatic carbocycles. The second kappa shape index (κ2) is 9.95. The summed E-state index contributed by atoms with van der Waals surface area (Å²) in [6.07, 6.45) is 3.11. The van der Waals surface area contributed by atoms with Crippen LogP contribution in [0.5, 0.6) is 11.5 Å². The summed E-state index contributed by atoms with van der Waals surface area (Å²) in [5.41, 5.74) is 1.15. The zero-order valence-electron chi connectivity index (χ0n) is 14.5. The molecular weight excluding hydrogens is 476 g/mol. The number of nitriles is 1. The van der Waals surface area contributed by atoms with Crippen LogP contribution in [0.3, 0.4) is 0 Å². The van der Waals surface area contributed by atoms with Gasteiger partial charge < -0.3 is 14.8 Å². The number of anilines is 1. The van der Waals surface area contributed by atoms with Gasteiger partial charge in [-0.1, -0.05) is 50.6 Å². The van der Waals surface area contributed by atoms with Crippen LogP contribution in [0.4, 0.5) is 5.69 Å². The zero-order valence-corrected chi connectivity index (χ0v) is 17.6. The highest BCUT2D eigenvalue weighted by atomic mass is 79.9. The maximum Gasteiger partial charge on any atom is 0.266 e. The zero-order chi connectivity index (χ0) is 19.8. The predicted octanol–water partition coefficient (Wildman–Crippen LogP) is 5.33. The average Bonchev–Trinajstić information content (AvgIpc) is 2.65. The lowest BCUT2D eigenvalue weighted by Crippen LogP contribution is -2.13. The van der Waals surface area contributed by atoms with Crippen LogP contribution in [0.25, 0.3) is 6.08 Å². The first-order valence-corrected chi connectivity index (χ1v) is 9.37. The maximum absolute atomic E-state index is 12.4. The molecule has 138 valence electrons. The fraction of sp³-hybridized carbons (Fsp3) is 0.100. The van der Waals surface area contributed by atoms with Crippen molar-refractivity contribution in [1.82, 2.24) is 0 Å². The van der Waals surface area contributed by atoms with Crippen LogP contribution >= 0.6 is 31.9 Å². The third-order valence-electron chi connectivity index (χ3n) is 3.39. The Hall–Kier alpha value is -2.56. The van der Waals surface area contributed by atoms with Crippen LogP contribution in [0.15, 0.2) is 63.6 Å². The smallest absolute Gasteiger partial charge is 0.266 e. The number of halogens is 2. The van der Waals surface area contributed by atoms with E-state index in [1.165, 1.54) is 13.2 Å². The summed E-state index contributed by atoms with van der Waals surface area (Å²) >= 11 is 6.77. The van der Waals surface area contributed by atoms with Gasteiger partial charge in [-0.15, -0.1) is 0 Å². The minimum atomic E-state index is -0.506. The van der Waals surface area contributed by atoms with E-state index in [1.54, 1.807) is 36.4 Å². The van der Waals surface area contributed by atoms with Gasteiger partial charge in [0.15, 0.2) is 11.5 Å². The van der Waals surface area contributed by atoms with Gasteiger partial charge >= 0.3 is 0 Å². The first kappa shape index (κ1) is 20.7. The van der Waals surface area contributed by atoms with E-state index in [2.05, 4.69) is 43.8 Å². The van der Waals surface area contributed by atoms with Crippen molar-refractivity contribution in [1.29, 1.82) is 5.26 Å². The summed E-state index contributed by atoms with van der Waals surface area (Å²) in [5, 5.41) is 12.1. The fourth-order valence-electron chi connectivity index (χ4n) is 2.15. The van der Waals surface area contributed by atoms with Crippen LogP contribution in [-0.4, -0.2) is 19.6 Å². The molecule has 0 bridgehead atoms. The number of nitrogens with one attached hydrogen (secondary N) is 1. The van der Waals surface area contributed by atoms with E-state index in [0.717, 1.165) is 4.47 Å². The molecule has 0 fully saturated rings. The topological polar surface area (TPSA) is 71.3 Å². The van der Waals surface area contributed by atoms with Crippen molar-refractivity contribution in [3.63, 3.8) is 0 Å².